The van der Waals surface area contributed by atoms with E-state index in [9.17, 15) is 0 Å². The molecule has 4 heterocycles. The molecule has 0 aromatic carbocycles. The summed E-state index contributed by atoms with van der Waals surface area (Å²) in [5, 5.41) is 4.22. The van der Waals surface area contributed by atoms with Crippen molar-refractivity contribution in [2.75, 3.05) is 6.54 Å². The van der Waals surface area contributed by atoms with Gasteiger partial charge in [-0.2, -0.15) is 5.10 Å². The van der Waals surface area contributed by atoms with Crippen LogP contribution in [0.4, 0.5) is 0 Å². The third-order valence-corrected chi connectivity index (χ3v) is 4.50. The van der Waals surface area contributed by atoms with Gasteiger partial charge in [0.25, 0.3) is 0 Å². The molecule has 4 rings (SSSR count). The van der Waals surface area contributed by atoms with Gasteiger partial charge in [0.15, 0.2) is 5.65 Å². The van der Waals surface area contributed by atoms with E-state index in [1.807, 2.05) is 29.2 Å². The summed E-state index contributed by atoms with van der Waals surface area (Å²) in [6.07, 6.45) is 11.3. The molecule has 0 N–H and O–H groups in total. The van der Waals surface area contributed by atoms with Gasteiger partial charge in [-0.05, 0) is 25.5 Å². The monoisotopic (exact) mass is 296 g/mol. The number of fused-ring (bicyclic) bond motifs is 1. The van der Waals surface area contributed by atoms with Crippen LogP contribution in [-0.4, -0.2) is 35.6 Å². The molecule has 1 saturated heterocycles. The van der Waals surface area contributed by atoms with Gasteiger partial charge in [0.2, 0.25) is 0 Å². The van der Waals surface area contributed by atoms with Gasteiger partial charge in [0, 0.05) is 31.7 Å². The van der Waals surface area contributed by atoms with Crippen LogP contribution in [0, 0.1) is 0 Å². The maximum absolute atomic E-state index is 4.79. The molecule has 6 nitrogen and oxygen atoms in total. The number of rotatable bonds is 3. The quantitative estimate of drug-likeness (QED) is 0.743. The molecule has 22 heavy (non-hydrogen) atoms. The average molecular weight is 296 g/mol. The predicted molar refractivity (Wildman–Crippen MR) is 83.2 cm³/mol. The molecule has 1 atom stereocenters. The Kier molecular flexibility index (Phi) is 3.38. The molecule has 1 aliphatic rings. The highest BCUT2D eigenvalue weighted by molar-refractivity contribution is 5.36. The van der Waals surface area contributed by atoms with Crippen LogP contribution in [-0.2, 0) is 13.6 Å². The van der Waals surface area contributed by atoms with Crippen molar-refractivity contribution in [1.82, 2.24) is 29.0 Å². The third-order valence-electron chi connectivity index (χ3n) is 4.50. The second kappa shape index (κ2) is 5.53. The molecule has 0 amide bonds. The van der Waals surface area contributed by atoms with E-state index in [0.29, 0.717) is 6.04 Å². The summed E-state index contributed by atoms with van der Waals surface area (Å²) in [6.45, 7) is 1.98. The number of hydrogen-bond donors (Lipinski definition) is 0. The van der Waals surface area contributed by atoms with Crippen molar-refractivity contribution in [2.45, 2.75) is 31.8 Å². The summed E-state index contributed by atoms with van der Waals surface area (Å²) >= 11 is 0. The summed E-state index contributed by atoms with van der Waals surface area (Å²) < 4.78 is 3.91. The molecule has 0 radical (unpaired) electrons. The first-order chi connectivity index (χ1) is 10.8. The molecule has 0 bridgehead atoms. The number of aromatic nitrogens is 5. The van der Waals surface area contributed by atoms with Gasteiger partial charge in [-0.15, -0.1) is 0 Å². The maximum atomic E-state index is 4.79. The first-order valence-corrected chi connectivity index (χ1v) is 7.82. The highest BCUT2D eigenvalue weighted by Gasteiger charge is 2.26. The molecule has 6 heteroatoms. The van der Waals surface area contributed by atoms with Crippen LogP contribution in [0.3, 0.4) is 0 Å². The maximum Gasteiger partial charge on any atom is 0.155 e. The molecular weight excluding hydrogens is 276 g/mol. The summed E-state index contributed by atoms with van der Waals surface area (Å²) in [5.74, 6) is 1.11. The van der Waals surface area contributed by atoms with E-state index < -0.39 is 0 Å². The number of nitrogens with zero attached hydrogens (tertiary/aromatic N) is 6. The van der Waals surface area contributed by atoms with E-state index in [2.05, 4.69) is 32.7 Å². The van der Waals surface area contributed by atoms with Gasteiger partial charge >= 0.3 is 0 Å². The second-order valence-electron chi connectivity index (χ2n) is 5.92. The fourth-order valence-electron chi connectivity index (χ4n) is 3.26. The molecule has 0 aliphatic carbocycles. The van der Waals surface area contributed by atoms with E-state index in [-0.39, 0.29) is 0 Å². The molecule has 3 aromatic rings. The van der Waals surface area contributed by atoms with Crippen molar-refractivity contribution in [3.63, 3.8) is 0 Å². The Balaban J connectivity index is 1.63. The number of likely N-dealkylation sites (tertiary alicyclic amines) is 1. The molecule has 114 valence electrons. The topological polar surface area (TPSA) is 51.2 Å². The fourth-order valence-corrected chi connectivity index (χ4v) is 3.26. The molecule has 0 saturated carbocycles. The lowest BCUT2D eigenvalue weighted by Crippen LogP contribution is -2.34. The van der Waals surface area contributed by atoms with Crippen LogP contribution in [0.2, 0.25) is 0 Å². The zero-order valence-corrected chi connectivity index (χ0v) is 12.8. The Morgan fingerprint density at radius 2 is 2.14 bits per heavy atom. The van der Waals surface area contributed by atoms with Crippen LogP contribution in [0.25, 0.3) is 5.65 Å². The average Bonchev–Trinajstić information content (AvgIpc) is 3.16. The zero-order valence-electron chi connectivity index (χ0n) is 12.8. The van der Waals surface area contributed by atoms with E-state index in [1.54, 1.807) is 6.20 Å². The number of imidazole rings is 1. The smallest absolute Gasteiger partial charge is 0.155 e. The zero-order chi connectivity index (χ0) is 14.9. The molecule has 3 aromatic heterocycles. The van der Waals surface area contributed by atoms with Gasteiger partial charge in [-0.1, -0.05) is 6.42 Å². The van der Waals surface area contributed by atoms with Crippen molar-refractivity contribution in [3.05, 3.63) is 48.4 Å². The highest BCUT2D eigenvalue weighted by atomic mass is 15.2. The van der Waals surface area contributed by atoms with Gasteiger partial charge in [-0.25, -0.2) is 14.5 Å². The van der Waals surface area contributed by atoms with Gasteiger partial charge in [0.05, 0.1) is 24.5 Å². The van der Waals surface area contributed by atoms with Crippen molar-refractivity contribution < 1.29 is 0 Å². The molecule has 0 unspecified atom stereocenters. The minimum atomic E-state index is 0.366. The first-order valence-electron chi connectivity index (χ1n) is 7.82. The predicted octanol–water partition coefficient (Wildman–Crippen LogP) is 2.19. The summed E-state index contributed by atoms with van der Waals surface area (Å²) in [4.78, 5) is 11.8. The third kappa shape index (κ3) is 2.39. The van der Waals surface area contributed by atoms with Crippen LogP contribution >= 0.6 is 0 Å². The molecule has 1 fully saturated rings. The lowest BCUT2D eigenvalue weighted by Gasteiger charge is -2.35. The van der Waals surface area contributed by atoms with Gasteiger partial charge < -0.3 is 4.57 Å². The Bertz CT molecular complexity index is 774. The Hall–Kier alpha value is -2.21. The first kappa shape index (κ1) is 13.5. The van der Waals surface area contributed by atoms with Crippen molar-refractivity contribution >= 4 is 5.65 Å². The number of hydrogen-bond acceptors (Lipinski definition) is 4. The standard InChI is InChI=1S/C16H20N6/c1-20-11-8-17-16(20)12-21-9-3-2-4-14(21)13-6-10-22-15(19-13)5-7-18-22/h5-8,10-11,14H,2-4,9,12H2,1H3/t14-/m1/s1. The minimum Gasteiger partial charge on any atom is -0.337 e. The van der Waals surface area contributed by atoms with E-state index in [0.717, 1.165) is 36.7 Å². The fraction of sp³-hybridized carbons (Fsp3) is 0.438. The Morgan fingerprint density at radius 1 is 1.18 bits per heavy atom. The lowest BCUT2D eigenvalue weighted by molar-refractivity contribution is 0.132. The summed E-state index contributed by atoms with van der Waals surface area (Å²) in [5.41, 5.74) is 2.06. The van der Waals surface area contributed by atoms with Crippen molar-refractivity contribution in [3.8, 4) is 0 Å². The molecule has 0 spiro atoms. The Morgan fingerprint density at radius 3 is 3.00 bits per heavy atom. The SMILES string of the molecule is Cn1ccnc1CN1CCCC[C@@H]1c1ccn2nccc2n1. The highest BCUT2D eigenvalue weighted by Crippen LogP contribution is 2.31. The summed E-state index contributed by atoms with van der Waals surface area (Å²) in [6, 6.07) is 4.42. The van der Waals surface area contributed by atoms with Crippen LogP contribution in [0.1, 0.15) is 36.8 Å². The van der Waals surface area contributed by atoms with Crippen LogP contribution in [0.5, 0.6) is 0 Å². The van der Waals surface area contributed by atoms with E-state index in [1.165, 1.54) is 12.8 Å². The van der Waals surface area contributed by atoms with Gasteiger partial charge in [-0.3, -0.25) is 4.90 Å². The normalized spacial score (nSPS) is 19.8. The second-order valence-corrected chi connectivity index (χ2v) is 5.92. The largest absolute Gasteiger partial charge is 0.337 e. The Labute approximate surface area is 129 Å². The lowest BCUT2D eigenvalue weighted by atomic mass is 9.99. The van der Waals surface area contributed by atoms with E-state index >= 15 is 0 Å². The minimum absolute atomic E-state index is 0.366. The molecular formula is C16H20N6. The van der Waals surface area contributed by atoms with Crippen molar-refractivity contribution in [1.29, 1.82) is 0 Å². The summed E-state index contributed by atoms with van der Waals surface area (Å²) in [7, 11) is 2.05. The number of piperidine rings is 1. The van der Waals surface area contributed by atoms with Gasteiger partial charge in [0.1, 0.15) is 5.82 Å². The van der Waals surface area contributed by atoms with Crippen molar-refractivity contribution in [2.24, 2.45) is 7.05 Å². The van der Waals surface area contributed by atoms with Crippen LogP contribution < -0.4 is 0 Å². The van der Waals surface area contributed by atoms with Crippen LogP contribution in [0.15, 0.2) is 36.9 Å². The molecule has 1 aliphatic heterocycles. The van der Waals surface area contributed by atoms with E-state index in [4.69, 9.17) is 4.98 Å². The number of aryl methyl sites for hydroxylation is 1.